The Morgan fingerprint density at radius 1 is 1.05 bits per heavy atom. The van der Waals surface area contributed by atoms with Crippen LogP contribution in [0.5, 0.6) is 0 Å². The third-order valence-electron chi connectivity index (χ3n) is 2.65. The largest absolute Gasteiger partial charge is 0.465 e. The minimum atomic E-state index is -0.797. The molecule has 6 heteroatoms. The molecule has 2 rings (SSSR count). The Labute approximate surface area is 120 Å². The summed E-state index contributed by atoms with van der Waals surface area (Å²) in [6.07, 6.45) is 0. The molecular weight excluding hydrogens is 284 g/mol. The summed E-state index contributed by atoms with van der Waals surface area (Å²) in [6, 6.07) is 8.87. The van der Waals surface area contributed by atoms with Crippen molar-refractivity contribution in [2.75, 3.05) is 14.2 Å². The van der Waals surface area contributed by atoms with E-state index in [1.54, 1.807) is 24.3 Å². The first-order valence-corrected chi connectivity index (χ1v) is 6.02. The number of hydrogen-bond donors (Lipinski definition) is 0. The van der Waals surface area contributed by atoms with Gasteiger partial charge < -0.3 is 13.9 Å². The first kappa shape index (κ1) is 14.1. The molecule has 0 spiro atoms. The van der Waals surface area contributed by atoms with E-state index in [2.05, 4.69) is 9.47 Å². The Bertz CT molecular complexity index is 645. The van der Waals surface area contributed by atoms with Crippen LogP contribution in [-0.2, 0) is 9.47 Å². The molecule has 0 saturated heterocycles. The van der Waals surface area contributed by atoms with Crippen molar-refractivity contribution >= 4 is 23.5 Å². The first-order valence-electron chi connectivity index (χ1n) is 5.64. The smallest absolute Gasteiger partial charge is 0.374 e. The number of furan rings is 1. The van der Waals surface area contributed by atoms with E-state index in [9.17, 15) is 9.59 Å². The molecule has 104 valence electrons. The highest BCUT2D eigenvalue weighted by atomic mass is 35.5. The van der Waals surface area contributed by atoms with E-state index in [1.165, 1.54) is 14.2 Å². The fourth-order valence-corrected chi connectivity index (χ4v) is 2.02. The Balaban J connectivity index is 2.65. The lowest BCUT2D eigenvalue weighted by molar-refractivity contribution is 0.0529. The molecule has 5 nitrogen and oxygen atoms in total. The van der Waals surface area contributed by atoms with Crippen molar-refractivity contribution in [2.24, 2.45) is 0 Å². The number of halogens is 1. The normalized spacial score (nSPS) is 10.2. The molecule has 0 unspecified atom stereocenters. The number of esters is 2. The highest BCUT2D eigenvalue weighted by Crippen LogP contribution is 2.36. The van der Waals surface area contributed by atoms with Crippen LogP contribution in [0, 0.1) is 0 Å². The lowest BCUT2D eigenvalue weighted by atomic mass is 10.1. The van der Waals surface area contributed by atoms with Gasteiger partial charge in [0.2, 0.25) is 5.76 Å². The van der Waals surface area contributed by atoms with Crippen LogP contribution in [0.15, 0.2) is 34.7 Å². The Hall–Kier alpha value is -2.27. The molecule has 0 bridgehead atoms. The molecule has 0 saturated carbocycles. The Kier molecular flexibility index (Phi) is 4.10. The van der Waals surface area contributed by atoms with Gasteiger partial charge in [0.1, 0.15) is 10.6 Å². The highest BCUT2D eigenvalue weighted by molar-refractivity contribution is 6.36. The van der Waals surface area contributed by atoms with Crippen LogP contribution in [-0.4, -0.2) is 26.2 Å². The highest BCUT2D eigenvalue weighted by Gasteiger charge is 2.30. The van der Waals surface area contributed by atoms with Crippen LogP contribution in [0.1, 0.15) is 20.9 Å². The predicted molar refractivity (Wildman–Crippen MR) is 71.8 cm³/mol. The van der Waals surface area contributed by atoms with Crippen molar-refractivity contribution < 1.29 is 23.5 Å². The third kappa shape index (κ3) is 2.40. The van der Waals surface area contributed by atoms with Crippen LogP contribution in [0.2, 0.25) is 5.02 Å². The molecule has 1 heterocycles. The number of carbonyl (C=O) groups is 2. The van der Waals surface area contributed by atoms with Crippen molar-refractivity contribution in [1.82, 2.24) is 0 Å². The van der Waals surface area contributed by atoms with Gasteiger partial charge in [-0.2, -0.15) is 0 Å². The second-order valence-corrected chi connectivity index (χ2v) is 4.18. The van der Waals surface area contributed by atoms with Gasteiger partial charge in [-0.25, -0.2) is 9.59 Å². The molecule has 0 aliphatic carbocycles. The van der Waals surface area contributed by atoms with Gasteiger partial charge in [0.25, 0.3) is 0 Å². The quantitative estimate of drug-likeness (QED) is 0.813. The second kappa shape index (κ2) is 5.79. The zero-order chi connectivity index (χ0) is 14.7. The molecule has 0 aliphatic rings. The molecule has 1 aromatic carbocycles. The standard InChI is InChI=1S/C14H11ClO5/c1-18-13(16)9-10(15)11(8-6-4-3-5-7-8)20-12(9)14(17)19-2/h3-7H,1-2H3. The fourth-order valence-electron chi connectivity index (χ4n) is 1.71. The average Bonchev–Trinajstić information content (AvgIpc) is 2.84. The summed E-state index contributed by atoms with van der Waals surface area (Å²) in [5, 5.41) is 0.0171. The van der Waals surface area contributed by atoms with Crippen LogP contribution < -0.4 is 0 Å². The van der Waals surface area contributed by atoms with Gasteiger partial charge >= 0.3 is 11.9 Å². The van der Waals surface area contributed by atoms with Crippen molar-refractivity contribution in [1.29, 1.82) is 0 Å². The zero-order valence-corrected chi connectivity index (χ0v) is 11.6. The molecule has 0 radical (unpaired) electrons. The number of rotatable bonds is 3. The summed E-state index contributed by atoms with van der Waals surface area (Å²) >= 11 is 6.14. The van der Waals surface area contributed by atoms with Gasteiger partial charge in [-0.15, -0.1) is 0 Å². The van der Waals surface area contributed by atoms with E-state index in [0.717, 1.165) is 0 Å². The first-order chi connectivity index (χ1) is 9.60. The number of carbonyl (C=O) groups excluding carboxylic acids is 2. The van der Waals surface area contributed by atoms with E-state index in [4.69, 9.17) is 16.0 Å². The van der Waals surface area contributed by atoms with Gasteiger partial charge in [0, 0.05) is 5.56 Å². The van der Waals surface area contributed by atoms with Gasteiger partial charge in [-0.1, -0.05) is 41.9 Å². The molecule has 0 atom stereocenters. The molecule has 0 amide bonds. The molecule has 0 aliphatic heterocycles. The predicted octanol–water partition coefficient (Wildman–Crippen LogP) is 3.17. The topological polar surface area (TPSA) is 65.7 Å². The van der Waals surface area contributed by atoms with Crippen molar-refractivity contribution in [3.05, 3.63) is 46.7 Å². The van der Waals surface area contributed by atoms with E-state index < -0.39 is 11.9 Å². The lowest BCUT2D eigenvalue weighted by Crippen LogP contribution is -2.09. The number of methoxy groups -OCH3 is 2. The van der Waals surface area contributed by atoms with Gasteiger partial charge in [-0.05, 0) is 0 Å². The van der Waals surface area contributed by atoms with Gasteiger partial charge in [-0.3, -0.25) is 0 Å². The van der Waals surface area contributed by atoms with Crippen molar-refractivity contribution in [3.8, 4) is 11.3 Å². The minimum absolute atomic E-state index is 0.0171. The van der Waals surface area contributed by atoms with E-state index in [-0.39, 0.29) is 22.1 Å². The number of ether oxygens (including phenoxy) is 2. The minimum Gasteiger partial charge on any atom is -0.465 e. The second-order valence-electron chi connectivity index (χ2n) is 3.80. The van der Waals surface area contributed by atoms with Crippen molar-refractivity contribution in [2.45, 2.75) is 0 Å². The summed E-state index contributed by atoms with van der Waals surface area (Å²) in [6.45, 7) is 0. The van der Waals surface area contributed by atoms with E-state index in [0.29, 0.717) is 5.56 Å². The maximum Gasteiger partial charge on any atom is 0.374 e. The van der Waals surface area contributed by atoms with E-state index in [1.807, 2.05) is 6.07 Å². The van der Waals surface area contributed by atoms with Crippen LogP contribution >= 0.6 is 11.6 Å². The monoisotopic (exact) mass is 294 g/mol. The molecule has 0 fully saturated rings. The Morgan fingerprint density at radius 3 is 2.20 bits per heavy atom. The third-order valence-corrected chi connectivity index (χ3v) is 3.01. The summed E-state index contributed by atoms with van der Waals surface area (Å²) in [5.41, 5.74) is 0.498. The SMILES string of the molecule is COC(=O)c1oc(-c2ccccc2)c(Cl)c1C(=O)OC. The van der Waals surface area contributed by atoms with Crippen LogP contribution in [0.3, 0.4) is 0 Å². The van der Waals surface area contributed by atoms with Crippen LogP contribution in [0.25, 0.3) is 11.3 Å². The summed E-state index contributed by atoms with van der Waals surface area (Å²) in [5.74, 6) is -1.62. The molecule has 2 aromatic rings. The van der Waals surface area contributed by atoms with Gasteiger partial charge in [0.15, 0.2) is 5.76 Å². The molecule has 1 aromatic heterocycles. The lowest BCUT2D eigenvalue weighted by Gasteiger charge is -1.98. The maximum atomic E-state index is 11.7. The summed E-state index contributed by atoms with van der Waals surface area (Å²) in [7, 11) is 2.37. The van der Waals surface area contributed by atoms with Crippen LogP contribution in [0.4, 0.5) is 0 Å². The van der Waals surface area contributed by atoms with Gasteiger partial charge in [0.05, 0.1) is 14.2 Å². The Morgan fingerprint density at radius 2 is 1.65 bits per heavy atom. The fraction of sp³-hybridized carbons (Fsp3) is 0.143. The molecule has 20 heavy (non-hydrogen) atoms. The number of hydrogen-bond acceptors (Lipinski definition) is 5. The zero-order valence-electron chi connectivity index (χ0n) is 10.8. The average molecular weight is 295 g/mol. The maximum absolute atomic E-state index is 11.7. The molecule has 0 N–H and O–H groups in total. The van der Waals surface area contributed by atoms with E-state index >= 15 is 0 Å². The summed E-state index contributed by atoms with van der Waals surface area (Å²) < 4.78 is 14.6. The molecular formula is C14H11ClO5. The summed E-state index contributed by atoms with van der Waals surface area (Å²) in [4.78, 5) is 23.4. The van der Waals surface area contributed by atoms with Crippen molar-refractivity contribution in [3.63, 3.8) is 0 Å². The number of benzene rings is 1.